The lowest BCUT2D eigenvalue weighted by molar-refractivity contribution is 0.434. The Bertz CT molecular complexity index is 755. The van der Waals surface area contributed by atoms with Gasteiger partial charge in [0.25, 0.3) is 0 Å². The predicted octanol–water partition coefficient (Wildman–Crippen LogP) is 5.59. The third-order valence-corrected chi connectivity index (χ3v) is 5.69. The van der Waals surface area contributed by atoms with E-state index in [-0.39, 0.29) is 11.2 Å². The summed E-state index contributed by atoms with van der Waals surface area (Å²) in [5.41, 5.74) is 3.10. The normalized spacial score (nSPS) is 15.8. The molecule has 0 aliphatic heterocycles. The van der Waals surface area contributed by atoms with Crippen molar-refractivity contribution in [2.75, 3.05) is 11.9 Å². The minimum absolute atomic E-state index is 0.0182. The largest absolute Gasteiger partial charge is 0.362 e. The van der Waals surface area contributed by atoms with E-state index in [0.29, 0.717) is 10.1 Å². The van der Waals surface area contributed by atoms with E-state index in [1.54, 1.807) is 12.1 Å². The Kier molecular flexibility index (Phi) is 5.60. The summed E-state index contributed by atoms with van der Waals surface area (Å²) in [7, 11) is 0. The third kappa shape index (κ3) is 4.31. The van der Waals surface area contributed by atoms with Crippen LogP contribution < -0.4 is 10.6 Å². The van der Waals surface area contributed by atoms with Crippen LogP contribution in [0.5, 0.6) is 0 Å². The summed E-state index contributed by atoms with van der Waals surface area (Å²) in [4.78, 5) is 0. The SMILES string of the molecule is Cc1ccc(NC(=S)NCC2(c3ccc(F)cc3)CCCC2)cc1Cl. The molecule has 1 saturated carbocycles. The molecule has 1 aliphatic rings. The van der Waals surface area contributed by atoms with Crippen molar-refractivity contribution >= 4 is 34.6 Å². The summed E-state index contributed by atoms with van der Waals surface area (Å²) in [6, 6.07) is 12.7. The number of hydrogen-bond donors (Lipinski definition) is 2. The number of nitrogens with one attached hydrogen (secondary N) is 2. The van der Waals surface area contributed by atoms with E-state index >= 15 is 0 Å². The molecule has 3 rings (SSSR count). The fourth-order valence-corrected chi connectivity index (χ4v) is 3.89. The minimum Gasteiger partial charge on any atom is -0.362 e. The van der Waals surface area contributed by atoms with E-state index in [9.17, 15) is 4.39 Å². The molecule has 132 valence electrons. The van der Waals surface area contributed by atoms with Crippen molar-refractivity contribution in [3.05, 3.63) is 64.4 Å². The fourth-order valence-electron chi connectivity index (χ4n) is 3.52. The minimum atomic E-state index is -0.196. The van der Waals surface area contributed by atoms with Gasteiger partial charge in [-0.25, -0.2) is 4.39 Å². The molecule has 0 heterocycles. The first-order valence-electron chi connectivity index (χ1n) is 8.56. The van der Waals surface area contributed by atoms with Crippen molar-refractivity contribution in [3.8, 4) is 0 Å². The summed E-state index contributed by atoms with van der Waals surface area (Å²) in [5, 5.41) is 7.82. The zero-order valence-electron chi connectivity index (χ0n) is 14.2. The molecule has 25 heavy (non-hydrogen) atoms. The second-order valence-corrected chi connectivity index (χ2v) is 7.58. The van der Waals surface area contributed by atoms with Crippen molar-refractivity contribution in [2.45, 2.75) is 38.0 Å². The van der Waals surface area contributed by atoms with E-state index in [1.807, 2.05) is 37.3 Å². The lowest BCUT2D eigenvalue weighted by atomic mass is 9.79. The Balaban J connectivity index is 1.66. The molecule has 0 amide bonds. The zero-order chi connectivity index (χ0) is 17.9. The summed E-state index contributed by atoms with van der Waals surface area (Å²) >= 11 is 11.6. The second kappa shape index (κ2) is 7.71. The number of hydrogen-bond acceptors (Lipinski definition) is 1. The van der Waals surface area contributed by atoms with Gasteiger partial charge in [-0.3, -0.25) is 0 Å². The predicted molar refractivity (Wildman–Crippen MR) is 107 cm³/mol. The lowest BCUT2D eigenvalue weighted by Gasteiger charge is -2.30. The molecule has 2 nitrogen and oxygen atoms in total. The van der Waals surface area contributed by atoms with Gasteiger partial charge in [0.1, 0.15) is 5.82 Å². The maximum Gasteiger partial charge on any atom is 0.170 e. The van der Waals surface area contributed by atoms with Gasteiger partial charge < -0.3 is 10.6 Å². The zero-order valence-corrected chi connectivity index (χ0v) is 15.8. The second-order valence-electron chi connectivity index (χ2n) is 6.77. The molecular formula is C20H22ClFN2S. The van der Waals surface area contributed by atoms with E-state index in [0.717, 1.165) is 30.6 Å². The van der Waals surface area contributed by atoms with Gasteiger partial charge in [-0.15, -0.1) is 0 Å². The molecule has 0 spiro atoms. The van der Waals surface area contributed by atoms with Crippen LogP contribution in [0.25, 0.3) is 0 Å². The van der Waals surface area contributed by atoms with Crippen LogP contribution in [0.2, 0.25) is 5.02 Å². The van der Waals surface area contributed by atoms with Crippen LogP contribution in [0, 0.1) is 12.7 Å². The molecule has 5 heteroatoms. The average Bonchev–Trinajstić information content (AvgIpc) is 3.07. The number of benzene rings is 2. The van der Waals surface area contributed by atoms with Crippen molar-refractivity contribution in [3.63, 3.8) is 0 Å². The number of anilines is 1. The van der Waals surface area contributed by atoms with Gasteiger partial charge in [0, 0.05) is 22.7 Å². The Morgan fingerprint density at radius 3 is 2.48 bits per heavy atom. The van der Waals surface area contributed by atoms with Gasteiger partial charge >= 0.3 is 0 Å². The van der Waals surface area contributed by atoms with Gasteiger partial charge in [0.2, 0.25) is 0 Å². The highest BCUT2D eigenvalue weighted by atomic mass is 35.5. The van der Waals surface area contributed by atoms with Crippen molar-refractivity contribution in [1.29, 1.82) is 0 Å². The van der Waals surface area contributed by atoms with E-state index in [2.05, 4.69) is 10.6 Å². The number of aryl methyl sites for hydroxylation is 1. The molecule has 1 aliphatic carbocycles. The van der Waals surface area contributed by atoms with Crippen LogP contribution >= 0.6 is 23.8 Å². The Morgan fingerprint density at radius 1 is 1.16 bits per heavy atom. The third-order valence-electron chi connectivity index (χ3n) is 5.03. The molecule has 0 aromatic heterocycles. The van der Waals surface area contributed by atoms with Crippen LogP contribution in [0.1, 0.15) is 36.8 Å². The molecule has 2 N–H and O–H groups in total. The summed E-state index contributed by atoms with van der Waals surface area (Å²) < 4.78 is 13.3. The summed E-state index contributed by atoms with van der Waals surface area (Å²) in [6.45, 7) is 2.71. The molecule has 0 unspecified atom stereocenters. The lowest BCUT2D eigenvalue weighted by Crippen LogP contribution is -2.40. The number of thiocarbonyl (C=S) groups is 1. The highest BCUT2D eigenvalue weighted by Gasteiger charge is 2.35. The molecule has 2 aromatic rings. The highest BCUT2D eigenvalue weighted by Crippen LogP contribution is 2.40. The maximum atomic E-state index is 13.3. The monoisotopic (exact) mass is 376 g/mol. The fraction of sp³-hybridized carbons (Fsp3) is 0.350. The standard InChI is InChI=1S/C20H22ClFN2S/c1-14-4-9-17(12-18(14)21)24-19(25)23-13-20(10-2-3-11-20)15-5-7-16(22)8-6-15/h4-9,12H,2-3,10-11,13H2,1H3,(H2,23,24,25). The molecule has 1 fully saturated rings. The van der Waals surface area contributed by atoms with Gasteiger partial charge in [-0.1, -0.05) is 42.6 Å². The van der Waals surface area contributed by atoms with Gasteiger partial charge in [-0.05, 0) is 67.4 Å². The van der Waals surface area contributed by atoms with Gasteiger partial charge in [-0.2, -0.15) is 0 Å². The quantitative estimate of drug-likeness (QED) is 0.680. The molecule has 0 saturated heterocycles. The number of halogens is 2. The van der Waals surface area contributed by atoms with E-state index in [4.69, 9.17) is 23.8 Å². The topological polar surface area (TPSA) is 24.1 Å². The van der Waals surface area contributed by atoms with Crippen molar-refractivity contribution in [2.24, 2.45) is 0 Å². The van der Waals surface area contributed by atoms with Crippen LogP contribution in [0.15, 0.2) is 42.5 Å². The van der Waals surface area contributed by atoms with Crippen LogP contribution in [-0.4, -0.2) is 11.7 Å². The van der Waals surface area contributed by atoms with Crippen LogP contribution in [0.3, 0.4) is 0 Å². The Morgan fingerprint density at radius 2 is 1.84 bits per heavy atom. The molecule has 0 atom stereocenters. The van der Waals surface area contributed by atoms with Crippen molar-refractivity contribution in [1.82, 2.24) is 5.32 Å². The maximum absolute atomic E-state index is 13.3. The molecule has 0 bridgehead atoms. The smallest absolute Gasteiger partial charge is 0.170 e. The van der Waals surface area contributed by atoms with Gasteiger partial charge in [0.15, 0.2) is 5.11 Å². The van der Waals surface area contributed by atoms with Crippen LogP contribution in [0.4, 0.5) is 10.1 Å². The first-order valence-corrected chi connectivity index (χ1v) is 9.34. The van der Waals surface area contributed by atoms with Crippen LogP contribution in [-0.2, 0) is 5.41 Å². The Labute approximate surface area is 158 Å². The van der Waals surface area contributed by atoms with Gasteiger partial charge in [0.05, 0.1) is 0 Å². The Hall–Kier alpha value is -1.65. The first kappa shape index (κ1) is 18.2. The summed E-state index contributed by atoms with van der Waals surface area (Å²) in [6.07, 6.45) is 4.55. The van der Waals surface area contributed by atoms with E-state index < -0.39 is 0 Å². The molecular weight excluding hydrogens is 355 g/mol. The summed E-state index contributed by atoms with van der Waals surface area (Å²) in [5.74, 6) is -0.196. The van der Waals surface area contributed by atoms with E-state index in [1.165, 1.54) is 18.4 Å². The molecule has 2 aromatic carbocycles. The highest BCUT2D eigenvalue weighted by molar-refractivity contribution is 7.80. The average molecular weight is 377 g/mol. The number of rotatable bonds is 4. The first-order chi connectivity index (χ1) is 12.0. The molecule has 0 radical (unpaired) electrons. The van der Waals surface area contributed by atoms with Crippen molar-refractivity contribution < 1.29 is 4.39 Å².